The lowest BCUT2D eigenvalue weighted by Crippen LogP contribution is -1.97. The van der Waals surface area contributed by atoms with Gasteiger partial charge in [-0.3, -0.25) is 4.40 Å². The Hall–Kier alpha value is -6.91. The number of rotatable bonds is 3. The molecule has 4 nitrogen and oxygen atoms in total. The number of hydrogen-bond donors (Lipinski definition) is 0. The van der Waals surface area contributed by atoms with E-state index in [0.29, 0.717) is 0 Å². The Morgan fingerprint density at radius 3 is 1.94 bits per heavy atom. The van der Waals surface area contributed by atoms with Crippen molar-refractivity contribution in [2.24, 2.45) is 0 Å². The first kappa shape index (κ1) is 28.0. The van der Waals surface area contributed by atoms with Crippen LogP contribution in [0.2, 0.25) is 0 Å². The van der Waals surface area contributed by atoms with Gasteiger partial charge in [0.2, 0.25) is 0 Å². The SMILES string of the molecule is c1ccc(-c2ccc3c(c2)c2cc(-c4nc5c(ccc6ccccc65)nc4-c4ccc5ccccc5c4)ccc2c2c3nc3ccccn32)cc1. The average Bonchev–Trinajstić information content (AvgIpc) is 3.60. The summed E-state index contributed by atoms with van der Waals surface area (Å²) in [7, 11) is 0. The molecule has 0 radical (unpaired) electrons. The molecule has 3 heterocycles. The summed E-state index contributed by atoms with van der Waals surface area (Å²) in [6, 6.07) is 58.1. The van der Waals surface area contributed by atoms with Crippen molar-refractivity contribution < 1.29 is 0 Å². The van der Waals surface area contributed by atoms with Gasteiger partial charge in [0.05, 0.1) is 33.5 Å². The van der Waals surface area contributed by atoms with Gasteiger partial charge in [-0.05, 0) is 74.5 Å². The van der Waals surface area contributed by atoms with Crippen molar-refractivity contribution in [2.45, 2.75) is 0 Å². The van der Waals surface area contributed by atoms with Crippen molar-refractivity contribution in [3.63, 3.8) is 0 Å². The Morgan fingerprint density at radius 2 is 1.02 bits per heavy atom. The Bertz CT molecular complexity index is 3200. The van der Waals surface area contributed by atoms with E-state index in [1.54, 1.807) is 0 Å². The molecule has 0 spiro atoms. The third-order valence-corrected chi connectivity index (χ3v) is 10.3. The maximum absolute atomic E-state index is 5.50. The van der Waals surface area contributed by atoms with E-state index in [9.17, 15) is 0 Å². The molecule has 8 aromatic carbocycles. The molecule has 0 fully saturated rings. The van der Waals surface area contributed by atoms with E-state index in [4.69, 9.17) is 15.0 Å². The van der Waals surface area contributed by atoms with Gasteiger partial charge in [0, 0.05) is 33.5 Å². The molecule has 0 atom stereocenters. The molecule has 0 N–H and O–H groups in total. The largest absolute Gasteiger partial charge is 0.299 e. The monoisotopic (exact) mass is 648 g/mol. The smallest absolute Gasteiger partial charge is 0.137 e. The molecule has 4 heteroatoms. The number of benzene rings is 8. The summed E-state index contributed by atoms with van der Waals surface area (Å²) < 4.78 is 2.21. The van der Waals surface area contributed by atoms with Crippen LogP contribution in [0.15, 0.2) is 170 Å². The lowest BCUT2D eigenvalue weighted by atomic mass is 9.93. The summed E-state index contributed by atoms with van der Waals surface area (Å²) in [4.78, 5) is 16.0. The van der Waals surface area contributed by atoms with Crippen LogP contribution in [0.3, 0.4) is 0 Å². The number of hydrogen-bond acceptors (Lipinski definition) is 3. The van der Waals surface area contributed by atoms with Crippen molar-refractivity contribution >= 4 is 70.8 Å². The Morgan fingerprint density at radius 1 is 0.353 bits per heavy atom. The third-order valence-electron chi connectivity index (χ3n) is 10.3. The van der Waals surface area contributed by atoms with Crippen LogP contribution in [0.4, 0.5) is 0 Å². The Balaban J connectivity index is 1.25. The van der Waals surface area contributed by atoms with Crippen LogP contribution in [0.5, 0.6) is 0 Å². The molecule has 51 heavy (non-hydrogen) atoms. The van der Waals surface area contributed by atoms with E-state index in [1.165, 1.54) is 21.9 Å². The number of pyridine rings is 1. The zero-order chi connectivity index (χ0) is 33.5. The molecular formula is C47H28N4. The Kier molecular flexibility index (Phi) is 5.92. The Labute approximate surface area is 292 Å². The zero-order valence-electron chi connectivity index (χ0n) is 27.5. The molecule has 236 valence electrons. The predicted octanol–water partition coefficient (Wildman–Crippen LogP) is 12.0. The third kappa shape index (κ3) is 4.30. The van der Waals surface area contributed by atoms with Gasteiger partial charge in [-0.2, -0.15) is 0 Å². The van der Waals surface area contributed by atoms with Gasteiger partial charge in [-0.1, -0.05) is 127 Å². The van der Waals surface area contributed by atoms with Crippen LogP contribution < -0.4 is 0 Å². The first-order valence-corrected chi connectivity index (χ1v) is 17.3. The van der Waals surface area contributed by atoms with Gasteiger partial charge in [-0.15, -0.1) is 0 Å². The van der Waals surface area contributed by atoms with E-state index in [2.05, 4.69) is 168 Å². The molecule has 0 saturated heterocycles. The summed E-state index contributed by atoms with van der Waals surface area (Å²) in [5, 5.41) is 9.22. The molecule has 0 unspecified atom stereocenters. The van der Waals surface area contributed by atoms with E-state index < -0.39 is 0 Å². The lowest BCUT2D eigenvalue weighted by Gasteiger charge is -2.15. The fourth-order valence-electron chi connectivity index (χ4n) is 7.87. The van der Waals surface area contributed by atoms with Crippen LogP contribution in [0, 0.1) is 0 Å². The number of aromatic nitrogens is 4. The zero-order valence-corrected chi connectivity index (χ0v) is 27.5. The molecular weight excluding hydrogens is 621 g/mol. The summed E-state index contributed by atoms with van der Waals surface area (Å²) in [6.07, 6.45) is 2.11. The van der Waals surface area contributed by atoms with Crippen molar-refractivity contribution in [1.29, 1.82) is 0 Å². The molecule has 0 amide bonds. The fraction of sp³-hybridized carbons (Fsp3) is 0. The molecule has 3 aromatic heterocycles. The topological polar surface area (TPSA) is 43.1 Å². The van der Waals surface area contributed by atoms with Crippen LogP contribution in [-0.2, 0) is 0 Å². The number of nitrogens with zero attached hydrogens (tertiary/aromatic N) is 4. The van der Waals surface area contributed by atoms with Crippen molar-refractivity contribution in [1.82, 2.24) is 19.4 Å². The fourth-order valence-corrected chi connectivity index (χ4v) is 7.87. The maximum Gasteiger partial charge on any atom is 0.137 e. The van der Waals surface area contributed by atoms with Crippen molar-refractivity contribution in [2.75, 3.05) is 0 Å². The van der Waals surface area contributed by atoms with E-state index >= 15 is 0 Å². The van der Waals surface area contributed by atoms with Crippen molar-refractivity contribution in [3.8, 4) is 33.6 Å². The molecule has 0 bridgehead atoms. The van der Waals surface area contributed by atoms with Gasteiger partial charge >= 0.3 is 0 Å². The van der Waals surface area contributed by atoms with E-state index in [1.807, 2.05) is 6.07 Å². The van der Waals surface area contributed by atoms with Crippen LogP contribution >= 0.6 is 0 Å². The van der Waals surface area contributed by atoms with Crippen LogP contribution in [-0.4, -0.2) is 19.4 Å². The molecule has 0 aliphatic heterocycles. The summed E-state index contributed by atoms with van der Waals surface area (Å²) in [5.74, 6) is 0. The second kappa shape index (κ2) is 10.8. The maximum atomic E-state index is 5.50. The standard InChI is InChI=1S/C47H28N4/c1-2-10-29(11-3-1)33-19-22-37-39(27-33)40-28-35(20-23-38(40)47-46(37)49-42-16-8-9-25-51(42)47)44-43(34-18-17-30-12-4-5-14-32(30)26-34)48-41-24-21-31-13-6-7-15-36(31)45(41)50-44/h1-28H. The second-order valence-electron chi connectivity index (χ2n) is 13.3. The second-order valence-corrected chi connectivity index (χ2v) is 13.3. The molecule has 0 saturated carbocycles. The first-order chi connectivity index (χ1) is 25.3. The molecule has 0 aliphatic carbocycles. The van der Waals surface area contributed by atoms with Gasteiger partial charge in [0.15, 0.2) is 0 Å². The highest BCUT2D eigenvalue weighted by Gasteiger charge is 2.19. The van der Waals surface area contributed by atoms with Gasteiger partial charge in [0.25, 0.3) is 0 Å². The minimum atomic E-state index is 0.863. The highest BCUT2D eigenvalue weighted by Crippen LogP contribution is 2.41. The highest BCUT2D eigenvalue weighted by molar-refractivity contribution is 6.25. The molecule has 11 rings (SSSR count). The quantitative estimate of drug-likeness (QED) is 0.179. The average molecular weight is 649 g/mol. The van der Waals surface area contributed by atoms with Gasteiger partial charge < -0.3 is 0 Å². The predicted molar refractivity (Wildman–Crippen MR) is 212 cm³/mol. The van der Waals surface area contributed by atoms with Gasteiger partial charge in [0.1, 0.15) is 5.65 Å². The summed E-state index contributed by atoms with van der Waals surface area (Å²) in [6.45, 7) is 0. The lowest BCUT2D eigenvalue weighted by molar-refractivity contribution is 1.23. The molecule has 0 aliphatic rings. The minimum absolute atomic E-state index is 0.863. The molecule has 11 aromatic rings. The van der Waals surface area contributed by atoms with Crippen LogP contribution in [0.25, 0.3) is 104 Å². The van der Waals surface area contributed by atoms with E-state index in [-0.39, 0.29) is 0 Å². The minimum Gasteiger partial charge on any atom is -0.299 e. The van der Waals surface area contributed by atoms with Crippen LogP contribution in [0.1, 0.15) is 0 Å². The van der Waals surface area contributed by atoms with Gasteiger partial charge in [-0.25, -0.2) is 15.0 Å². The summed E-state index contributed by atoms with van der Waals surface area (Å²) in [5.41, 5.74) is 11.0. The number of fused-ring (bicyclic) bond motifs is 12. The summed E-state index contributed by atoms with van der Waals surface area (Å²) >= 11 is 0. The normalized spacial score (nSPS) is 11.9. The first-order valence-electron chi connectivity index (χ1n) is 17.3. The highest BCUT2D eigenvalue weighted by atomic mass is 15.0. The van der Waals surface area contributed by atoms with Crippen molar-refractivity contribution in [3.05, 3.63) is 170 Å². The van der Waals surface area contributed by atoms with E-state index in [0.717, 1.165) is 82.5 Å². The number of imidazole rings is 1.